The van der Waals surface area contributed by atoms with Crippen molar-refractivity contribution in [3.63, 3.8) is 0 Å². The second-order valence-corrected chi connectivity index (χ2v) is 7.39. The molecule has 0 fully saturated rings. The fourth-order valence-corrected chi connectivity index (χ4v) is 4.57. The second kappa shape index (κ2) is 8.03. The lowest BCUT2D eigenvalue weighted by Gasteiger charge is -2.43. The van der Waals surface area contributed by atoms with Gasteiger partial charge in [0.15, 0.2) is 29.2 Å². The van der Waals surface area contributed by atoms with Crippen molar-refractivity contribution in [1.82, 2.24) is 4.90 Å². The summed E-state index contributed by atoms with van der Waals surface area (Å²) in [4.78, 5) is 2.35. The van der Waals surface area contributed by atoms with Gasteiger partial charge in [0, 0.05) is 29.0 Å². The molecule has 0 aliphatic carbocycles. The predicted octanol–water partition coefficient (Wildman–Crippen LogP) is 4.26. The standard InChI is InChI=1S/C23H29NO5/c1-6-24(7-2)23-14(3)21(15-9-8-10-17(25-4)22(15)26-5)16-11-19-20(28-13-27-19)12-18(16)29-23/h8-12,14,21,23H,6-7,13H2,1-5H3/t14-,21-,23+/m1/s1. The Balaban J connectivity index is 1.90. The van der Waals surface area contributed by atoms with Gasteiger partial charge in [-0.05, 0) is 25.2 Å². The highest BCUT2D eigenvalue weighted by Crippen LogP contribution is 2.52. The van der Waals surface area contributed by atoms with Gasteiger partial charge in [0.1, 0.15) is 5.75 Å². The smallest absolute Gasteiger partial charge is 0.231 e. The largest absolute Gasteiger partial charge is 0.493 e. The lowest BCUT2D eigenvalue weighted by Crippen LogP contribution is -2.48. The molecule has 2 aromatic rings. The molecule has 0 saturated heterocycles. The maximum Gasteiger partial charge on any atom is 0.231 e. The van der Waals surface area contributed by atoms with Gasteiger partial charge in [0.25, 0.3) is 0 Å². The molecule has 0 N–H and O–H groups in total. The SMILES string of the molecule is CCN(CC)[C@H]1Oc2cc3c(cc2[C@@H](c2cccc(OC)c2OC)[C@H]1C)OCO3. The molecule has 2 aliphatic rings. The van der Waals surface area contributed by atoms with E-state index in [-0.39, 0.29) is 24.9 Å². The Morgan fingerprint density at radius 1 is 0.966 bits per heavy atom. The summed E-state index contributed by atoms with van der Waals surface area (Å²) in [6.45, 7) is 8.62. The summed E-state index contributed by atoms with van der Waals surface area (Å²) in [5.41, 5.74) is 2.16. The molecule has 0 amide bonds. The molecular formula is C23H29NO5. The average Bonchev–Trinajstić information content (AvgIpc) is 3.20. The molecule has 4 rings (SSSR count). The van der Waals surface area contributed by atoms with Crippen LogP contribution in [0.1, 0.15) is 37.8 Å². The zero-order chi connectivity index (χ0) is 20.5. The number of methoxy groups -OCH3 is 2. The van der Waals surface area contributed by atoms with Crippen molar-refractivity contribution >= 4 is 0 Å². The number of rotatable bonds is 6. The van der Waals surface area contributed by atoms with E-state index >= 15 is 0 Å². The van der Waals surface area contributed by atoms with Crippen LogP contribution in [0.3, 0.4) is 0 Å². The number of para-hydroxylation sites is 1. The van der Waals surface area contributed by atoms with E-state index in [9.17, 15) is 0 Å². The highest BCUT2D eigenvalue weighted by Gasteiger charge is 2.41. The summed E-state index contributed by atoms with van der Waals surface area (Å²) in [5.74, 6) is 4.05. The van der Waals surface area contributed by atoms with E-state index in [1.54, 1.807) is 14.2 Å². The first-order chi connectivity index (χ1) is 14.1. The van der Waals surface area contributed by atoms with Crippen molar-refractivity contribution in [2.24, 2.45) is 5.92 Å². The minimum absolute atomic E-state index is 0.0567. The fraction of sp³-hybridized carbons (Fsp3) is 0.478. The zero-order valence-corrected chi connectivity index (χ0v) is 17.7. The first kappa shape index (κ1) is 19.7. The van der Waals surface area contributed by atoms with Crippen LogP contribution >= 0.6 is 0 Å². The van der Waals surface area contributed by atoms with Gasteiger partial charge in [-0.25, -0.2) is 0 Å². The summed E-state index contributed by atoms with van der Waals surface area (Å²) in [5, 5.41) is 0. The van der Waals surface area contributed by atoms with Gasteiger partial charge in [-0.15, -0.1) is 0 Å². The fourth-order valence-electron chi connectivity index (χ4n) is 4.57. The Morgan fingerprint density at radius 3 is 2.34 bits per heavy atom. The third-order valence-electron chi connectivity index (χ3n) is 6.00. The van der Waals surface area contributed by atoms with Crippen LogP contribution in [0.2, 0.25) is 0 Å². The van der Waals surface area contributed by atoms with Crippen LogP contribution in [0.25, 0.3) is 0 Å². The number of fused-ring (bicyclic) bond motifs is 2. The van der Waals surface area contributed by atoms with Crippen LogP contribution in [-0.2, 0) is 0 Å². The quantitative estimate of drug-likeness (QED) is 0.723. The van der Waals surface area contributed by atoms with Gasteiger partial charge in [0.2, 0.25) is 6.79 Å². The normalized spacial score (nSPS) is 22.2. The Labute approximate surface area is 172 Å². The maximum absolute atomic E-state index is 6.51. The minimum Gasteiger partial charge on any atom is -0.493 e. The van der Waals surface area contributed by atoms with Crippen molar-refractivity contribution in [1.29, 1.82) is 0 Å². The van der Waals surface area contributed by atoms with Crippen LogP contribution in [0.4, 0.5) is 0 Å². The highest BCUT2D eigenvalue weighted by molar-refractivity contribution is 5.59. The molecule has 6 heteroatoms. The molecule has 0 saturated carbocycles. The number of hydrogen-bond acceptors (Lipinski definition) is 6. The van der Waals surface area contributed by atoms with Crippen LogP contribution in [0, 0.1) is 5.92 Å². The van der Waals surface area contributed by atoms with Crippen LogP contribution < -0.4 is 23.7 Å². The lowest BCUT2D eigenvalue weighted by atomic mass is 9.77. The average molecular weight is 399 g/mol. The van der Waals surface area contributed by atoms with E-state index in [0.29, 0.717) is 0 Å². The predicted molar refractivity (Wildman–Crippen MR) is 110 cm³/mol. The van der Waals surface area contributed by atoms with E-state index in [4.69, 9.17) is 23.7 Å². The van der Waals surface area contributed by atoms with Crippen molar-refractivity contribution in [2.75, 3.05) is 34.1 Å². The third kappa shape index (κ3) is 3.25. The molecular weight excluding hydrogens is 370 g/mol. The Hall–Kier alpha value is -2.60. The Kier molecular flexibility index (Phi) is 5.46. The molecule has 0 bridgehead atoms. The van der Waals surface area contributed by atoms with E-state index in [0.717, 1.165) is 53.0 Å². The number of nitrogens with zero attached hydrogens (tertiary/aromatic N) is 1. The third-order valence-corrected chi connectivity index (χ3v) is 6.00. The van der Waals surface area contributed by atoms with Gasteiger partial charge in [-0.1, -0.05) is 32.9 Å². The van der Waals surface area contributed by atoms with Crippen LogP contribution in [0.5, 0.6) is 28.7 Å². The van der Waals surface area contributed by atoms with Gasteiger partial charge >= 0.3 is 0 Å². The number of hydrogen-bond donors (Lipinski definition) is 0. The first-order valence-electron chi connectivity index (χ1n) is 10.2. The van der Waals surface area contributed by atoms with E-state index in [1.165, 1.54) is 0 Å². The van der Waals surface area contributed by atoms with E-state index in [1.807, 2.05) is 18.2 Å². The molecule has 156 valence electrons. The molecule has 2 aromatic carbocycles. The zero-order valence-electron chi connectivity index (χ0n) is 17.7. The minimum atomic E-state index is -0.0567. The van der Waals surface area contributed by atoms with Crippen molar-refractivity contribution in [3.05, 3.63) is 41.5 Å². The van der Waals surface area contributed by atoms with E-state index in [2.05, 4.69) is 37.8 Å². The summed E-state index contributed by atoms with van der Waals surface area (Å²) in [6, 6.07) is 10.1. The summed E-state index contributed by atoms with van der Waals surface area (Å²) < 4.78 is 29.1. The van der Waals surface area contributed by atoms with E-state index < -0.39 is 0 Å². The molecule has 6 nitrogen and oxygen atoms in total. The van der Waals surface area contributed by atoms with Crippen LogP contribution in [-0.4, -0.2) is 45.2 Å². The molecule has 29 heavy (non-hydrogen) atoms. The molecule has 0 unspecified atom stereocenters. The molecule has 3 atom stereocenters. The van der Waals surface area contributed by atoms with Crippen molar-refractivity contribution in [2.45, 2.75) is 32.9 Å². The van der Waals surface area contributed by atoms with Gasteiger partial charge in [-0.2, -0.15) is 0 Å². The van der Waals surface area contributed by atoms with Gasteiger partial charge in [0.05, 0.1) is 14.2 Å². The molecule has 0 radical (unpaired) electrons. The molecule has 2 aliphatic heterocycles. The van der Waals surface area contributed by atoms with Gasteiger partial charge in [-0.3, -0.25) is 4.90 Å². The summed E-state index contributed by atoms with van der Waals surface area (Å²) >= 11 is 0. The topological polar surface area (TPSA) is 49.4 Å². The summed E-state index contributed by atoms with van der Waals surface area (Å²) in [6.07, 6.45) is -0.0567. The Bertz CT molecular complexity index is 880. The number of benzene rings is 2. The molecule has 0 aromatic heterocycles. The van der Waals surface area contributed by atoms with Crippen molar-refractivity contribution in [3.8, 4) is 28.7 Å². The lowest BCUT2D eigenvalue weighted by molar-refractivity contribution is -0.0259. The van der Waals surface area contributed by atoms with Crippen LogP contribution in [0.15, 0.2) is 30.3 Å². The monoisotopic (exact) mass is 399 g/mol. The molecule has 2 heterocycles. The Morgan fingerprint density at radius 2 is 1.69 bits per heavy atom. The maximum atomic E-state index is 6.51. The summed E-state index contributed by atoms with van der Waals surface area (Å²) in [7, 11) is 3.35. The molecule has 0 spiro atoms. The van der Waals surface area contributed by atoms with Gasteiger partial charge < -0.3 is 23.7 Å². The number of ether oxygens (including phenoxy) is 5. The highest BCUT2D eigenvalue weighted by atomic mass is 16.7. The second-order valence-electron chi connectivity index (χ2n) is 7.39. The first-order valence-corrected chi connectivity index (χ1v) is 10.2. The van der Waals surface area contributed by atoms with Crippen molar-refractivity contribution < 1.29 is 23.7 Å².